The fourth-order valence-corrected chi connectivity index (χ4v) is 3.81. The lowest BCUT2D eigenvalue weighted by atomic mass is 9.89. The molecule has 2 aromatic carbocycles. The molecule has 1 aliphatic rings. The Hall–Kier alpha value is -3.26. The van der Waals surface area contributed by atoms with Gasteiger partial charge in [0.25, 0.3) is 11.2 Å². The molecule has 4 rings (SSSR count). The van der Waals surface area contributed by atoms with Gasteiger partial charge in [-0.15, -0.1) is 0 Å². The predicted octanol–water partition coefficient (Wildman–Crippen LogP) is 3.72. The summed E-state index contributed by atoms with van der Waals surface area (Å²) in [4.78, 5) is 29.6. The van der Waals surface area contributed by atoms with Crippen molar-refractivity contribution in [1.29, 1.82) is 0 Å². The van der Waals surface area contributed by atoms with Crippen LogP contribution in [0.5, 0.6) is 0 Å². The Balaban J connectivity index is 1.60. The number of H-pyrrole nitrogens is 1. The minimum absolute atomic E-state index is 0.0580. The zero-order chi connectivity index (χ0) is 20.4. The molecule has 1 aliphatic heterocycles. The first-order valence-electron chi connectivity index (χ1n) is 9.61. The number of hydrogen-bond donors (Lipinski definition) is 2. The predicted molar refractivity (Wildman–Crippen MR) is 110 cm³/mol. The van der Waals surface area contributed by atoms with Crippen molar-refractivity contribution < 1.29 is 9.66 Å². The smallest absolute Gasteiger partial charge is 0.293 e. The van der Waals surface area contributed by atoms with Gasteiger partial charge in [0.15, 0.2) is 0 Å². The molecule has 0 bridgehead atoms. The quantitative estimate of drug-likeness (QED) is 0.504. The van der Waals surface area contributed by atoms with Crippen LogP contribution in [-0.4, -0.2) is 28.0 Å². The van der Waals surface area contributed by atoms with Gasteiger partial charge in [0.1, 0.15) is 5.69 Å². The number of aromatic amines is 1. The molecule has 0 amide bonds. The molecule has 0 radical (unpaired) electrons. The van der Waals surface area contributed by atoms with Crippen LogP contribution in [0.2, 0.25) is 0 Å². The van der Waals surface area contributed by atoms with E-state index >= 15 is 0 Å². The molecule has 1 fully saturated rings. The Bertz CT molecular complexity index is 1090. The molecule has 0 aliphatic carbocycles. The second kappa shape index (κ2) is 8.00. The summed E-state index contributed by atoms with van der Waals surface area (Å²) in [6.45, 7) is 3.27. The molecule has 1 saturated heterocycles. The molecule has 0 spiro atoms. The summed E-state index contributed by atoms with van der Waals surface area (Å²) in [6.07, 6.45) is 3.15. The number of hydrogen-bond acceptors (Lipinski definition) is 6. The Labute approximate surface area is 167 Å². The van der Waals surface area contributed by atoms with Crippen LogP contribution in [0.25, 0.3) is 10.9 Å². The second-order valence-electron chi connectivity index (χ2n) is 7.36. The van der Waals surface area contributed by atoms with E-state index < -0.39 is 10.5 Å². The van der Waals surface area contributed by atoms with Crippen LogP contribution in [0, 0.1) is 23.0 Å². The SMILES string of the molecule is Cc1ccc(C2OCCCC2CNc2cc3nc[nH]c(=O)c3cc2[N+](=O)[O-])cc1. The summed E-state index contributed by atoms with van der Waals surface area (Å²) in [5, 5.41) is 15.0. The van der Waals surface area contributed by atoms with Gasteiger partial charge in [-0.1, -0.05) is 29.8 Å². The molecular formula is C21H22N4O4. The number of nitro benzene ring substituents is 1. The molecule has 2 atom stereocenters. The lowest BCUT2D eigenvalue weighted by Gasteiger charge is -2.32. The molecule has 2 N–H and O–H groups in total. The number of ether oxygens (including phenoxy) is 1. The van der Waals surface area contributed by atoms with Crippen LogP contribution in [0.4, 0.5) is 11.4 Å². The highest BCUT2D eigenvalue weighted by Crippen LogP contribution is 2.35. The maximum atomic E-state index is 11.9. The monoisotopic (exact) mass is 394 g/mol. The van der Waals surface area contributed by atoms with Crippen molar-refractivity contribution >= 4 is 22.3 Å². The van der Waals surface area contributed by atoms with E-state index in [1.165, 1.54) is 18.0 Å². The van der Waals surface area contributed by atoms with Gasteiger partial charge in [-0.3, -0.25) is 14.9 Å². The first kappa shape index (κ1) is 19.1. The van der Waals surface area contributed by atoms with Crippen LogP contribution < -0.4 is 10.9 Å². The first-order chi connectivity index (χ1) is 14.0. The average Bonchev–Trinajstić information content (AvgIpc) is 2.73. The van der Waals surface area contributed by atoms with Crippen LogP contribution >= 0.6 is 0 Å². The third-order valence-corrected chi connectivity index (χ3v) is 5.36. The molecule has 1 aromatic heterocycles. The Morgan fingerprint density at radius 3 is 2.86 bits per heavy atom. The minimum Gasteiger partial charge on any atom is -0.379 e. The van der Waals surface area contributed by atoms with Crippen molar-refractivity contribution in [3.05, 3.63) is 74.3 Å². The molecule has 3 aromatic rings. The van der Waals surface area contributed by atoms with Gasteiger partial charge in [-0.25, -0.2) is 4.98 Å². The zero-order valence-electron chi connectivity index (χ0n) is 16.1. The largest absolute Gasteiger partial charge is 0.379 e. The van der Waals surface area contributed by atoms with E-state index in [4.69, 9.17) is 4.74 Å². The van der Waals surface area contributed by atoms with Crippen LogP contribution in [0.1, 0.15) is 30.1 Å². The number of benzene rings is 2. The van der Waals surface area contributed by atoms with Gasteiger partial charge in [0.05, 0.1) is 28.3 Å². The lowest BCUT2D eigenvalue weighted by molar-refractivity contribution is -0.383. The summed E-state index contributed by atoms with van der Waals surface area (Å²) in [5.74, 6) is 0.175. The van der Waals surface area contributed by atoms with Gasteiger partial charge in [0, 0.05) is 25.1 Å². The third kappa shape index (κ3) is 3.97. The summed E-state index contributed by atoms with van der Waals surface area (Å²) >= 11 is 0. The molecule has 2 unspecified atom stereocenters. The first-order valence-corrected chi connectivity index (χ1v) is 9.61. The van der Waals surface area contributed by atoms with E-state index in [1.54, 1.807) is 6.07 Å². The molecule has 2 heterocycles. The van der Waals surface area contributed by atoms with Gasteiger partial charge in [0.2, 0.25) is 0 Å². The average molecular weight is 394 g/mol. The number of rotatable bonds is 5. The van der Waals surface area contributed by atoms with Crippen LogP contribution in [0.3, 0.4) is 0 Å². The number of nitrogens with zero attached hydrogens (tertiary/aromatic N) is 2. The van der Waals surface area contributed by atoms with Gasteiger partial charge in [-0.2, -0.15) is 0 Å². The number of aryl methyl sites for hydroxylation is 1. The zero-order valence-corrected chi connectivity index (χ0v) is 16.1. The van der Waals surface area contributed by atoms with Gasteiger partial charge < -0.3 is 15.0 Å². The number of anilines is 1. The standard InChI is InChI=1S/C21H22N4O4/c1-13-4-6-14(7-5-13)20-15(3-2-8-29-20)11-22-18-10-17-16(9-19(18)25(27)28)21(26)24-12-23-17/h4-7,9-10,12,15,20,22H,2-3,8,11H2,1H3,(H,23,24,26). The van der Waals surface area contributed by atoms with Crippen molar-refractivity contribution in [2.75, 3.05) is 18.5 Å². The fraction of sp³-hybridized carbons (Fsp3) is 0.333. The maximum Gasteiger partial charge on any atom is 0.293 e. The van der Waals surface area contributed by atoms with E-state index in [1.807, 2.05) is 6.92 Å². The molecule has 29 heavy (non-hydrogen) atoms. The molecule has 8 heteroatoms. The van der Waals surface area contributed by atoms with Crippen molar-refractivity contribution in [3.8, 4) is 0 Å². The number of aromatic nitrogens is 2. The van der Waals surface area contributed by atoms with Crippen molar-refractivity contribution in [2.45, 2.75) is 25.9 Å². The van der Waals surface area contributed by atoms with E-state index in [0.717, 1.165) is 18.4 Å². The number of fused-ring (bicyclic) bond motifs is 1. The minimum atomic E-state index is -0.483. The summed E-state index contributed by atoms with van der Waals surface area (Å²) in [5.41, 5.74) is 2.53. The summed E-state index contributed by atoms with van der Waals surface area (Å²) in [6, 6.07) is 11.1. The molecular weight excluding hydrogens is 372 g/mol. The highest BCUT2D eigenvalue weighted by atomic mass is 16.6. The third-order valence-electron chi connectivity index (χ3n) is 5.36. The highest BCUT2D eigenvalue weighted by Gasteiger charge is 2.28. The maximum absolute atomic E-state index is 11.9. The van der Waals surface area contributed by atoms with Crippen LogP contribution in [0.15, 0.2) is 47.5 Å². The van der Waals surface area contributed by atoms with E-state index in [0.29, 0.717) is 24.4 Å². The Morgan fingerprint density at radius 1 is 1.31 bits per heavy atom. The normalized spacial score (nSPS) is 19.2. The number of nitrogens with one attached hydrogen (secondary N) is 2. The molecule has 150 valence electrons. The topological polar surface area (TPSA) is 110 Å². The van der Waals surface area contributed by atoms with E-state index in [2.05, 4.69) is 39.6 Å². The lowest BCUT2D eigenvalue weighted by Crippen LogP contribution is -2.28. The Kier molecular flexibility index (Phi) is 5.26. The van der Waals surface area contributed by atoms with Gasteiger partial charge >= 0.3 is 0 Å². The summed E-state index contributed by atoms with van der Waals surface area (Å²) in [7, 11) is 0. The molecule has 0 saturated carbocycles. The Morgan fingerprint density at radius 2 is 2.10 bits per heavy atom. The van der Waals surface area contributed by atoms with E-state index in [-0.39, 0.29) is 23.1 Å². The summed E-state index contributed by atoms with van der Waals surface area (Å²) < 4.78 is 6.04. The van der Waals surface area contributed by atoms with Crippen molar-refractivity contribution in [2.24, 2.45) is 5.92 Å². The van der Waals surface area contributed by atoms with Gasteiger partial charge in [-0.05, 0) is 31.4 Å². The number of nitro groups is 1. The molecule has 8 nitrogen and oxygen atoms in total. The van der Waals surface area contributed by atoms with Crippen molar-refractivity contribution in [3.63, 3.8) is 0 Å². The second-order valence-corrected chi connectivity index (χ2v) is 7.36. The highest BCUT2D eigenvalue weighted by molar-refractivity contribution is 5.86. The van der Waals surface area contributed by atoms with E-state index in [9.17, 15) is 14.9 Å². The van der Waals surface area contributed by atoms with Crippen molar-refractivity contribution in [1.82, 2.24) is 9.97 Å². The van der Waals surface area contributed by atoms with Crippen LogP contribution in [-0.2, 0) is 4.74 Å². The fourth-order valence-electron chi connectivity index (χ4n) is 3.81.